The molecule has 3 N–H and O–H groups in total. The number of amides is 1. The topological polar surface area (TPSA) is 68.0 Å². The molecule has 0 radical (unpaired) electrons. The van der Waals surface area contributed by atoms with Gasteiger partial charge in [-0.3, -0.25) is 4.79 Å². The van der Waals surface area contributed by atoms with Gasteiger partial charge in [-0.2, -0.15) is 0 Å². The molecule has 1 aromatic heterocycles. The molecule has 1 amide bonds. The van der Waals surface area contributed by atoms with Gasteiger partial charge in [-0.05, 0) is 19.1 Å². The molecular formula is C10H13N3O. The van der Waals surface area contributed by atoms with Crippen LogP contribution in [0.2, 0.25) is 0 Å². The molecule has 1 aromatic rings. The predicted molar refractivity (Wildman–Crippen MR) is 55.8 cm³/mol. The standard InChI is InChI=1S/C10H13N3O/c1-3-7(2)12-10(14)8-5-4-6-9(11)13-8/h3-7H,1H2,2H3,(H2,11,13)(H,12,14). The first-order chi connectivity index (χ1) is 6.63. The van der Waals surface area contributed by atoms with E-state index in [4.69, 9.17) is 5.73 Å². The largest absolute Gasteiger partial charge is 0.384 e. The summed E-state index contributed by atoms with van der Waals surface area (Å²) in [5.74, 6) is 0.0913. The van der Waals surface area contributed by atoms with Crippen LogP contribution in [-0.2, 0) is 0 Å². The van der Waals surface area contributed by atoms with E-state index < -0.39 is 0 Å². The zero-order chi connectivity index (χ0) is 10.6. The monoisotopic (exact) mass is 191 g/mol. The van der Waals surface area contributed by atoms with Crippen LogP contribution < -0.4 is 11.1 Å². The second-order valence-corrected chi connectivity index (χ2v) is 2.95. The second-order valence-electron chi connectivity index (χ2n) is 2.95. The molecule has 0 fully saturated rings. The Bertz CT molecular complexity index is 349. The number of aromatic nitrogens is 1. The number of nitrogen functional groups attached to an aromatic ring is 1. The highest BCUT2D eigenvalue weighted by atomic mass is 16.1. The normalized spacial score (nSPS) is 11.8. The molecular weight excluding hydrogens is 178 g/mol. The van der Waals surface area contributed by atoms with Gasteiger partial charge in [0, 0.05) is 6.04 Å². The third kappa shape index (κ3) is 2.58. The third-order valence-corrected chi connectivity index (χ3v) is 1.72. The first-order valence-corrected chi connectivity index (χ1v) is 4.29. The van der Waals surface area contributed by atoms with Gasteiger partial charge in [0.2, 0.25) is 0 Å². The minimum absolute atomic E-state index is 0.0780. The molecule has 74 valence electrons. The molecule has 0 aliphatic heterocycles. The molecule has 14 heavy (non-hydrogen) atoms. The van der Waals surface area contributed by atoms with Crippen molar-refractivity contribution in [3.63, 3.8) is 0 Å². The summed E-state index contributed by atoms with van der Waals surface area (Å²) in [5.41, 5.74) is 5.77. The molecule has 1 atom stereocenters. The van der Waals surface area contributed by atoms with Crippen molar-refractivity contribution in [2.24, 2.45) is 0 Å². The first-order valence-electron chi connectivity index (χ1n) is 4.29. The van der Waals surface area contributed by atoms with E-state index in [1.165, 1.54) is 0 Å². The smallest absolute Gasteiger partial charge is 0.270 e. The van der Waals surface area contributed by atoms with Crippen LogP contribution in [0.15, 0.2) is 30.9 Å². The van der Waals surface area contributed by atoms with Gasteiger partial charge in [-0.15, -0.1) is 6.58 Å². The average molecular weight is 191 g/mol. The van der Waals surface area contributed by atoms with Crippen LogP contribution in [0.5, 0.6) is 0 Å². The summed E-state index contributed by atoms with van der Waals surface area (Å²) in [5, 5.41) is 2.70. The van der Waals surface area contributed by atoms with Gasteiger partial charge in [0.25, 0.3) is 5.91 Å². The molecule has 4 heteroatoms. The van der Waals surface area contributed by atoms with E-state index in [1.807, 2.05) is 6.92 Å². The Morgan fingerprint density at radius 2 is 2.43 bits per heavy atom. The number of rotatable bonds is 3. The minimum Gasteiger partial charge on any atom is -0.384 e. The number of hydrogen-bond donors (Lipinski definition) is 2. The van der Waals surface area contributed by atoms with Crippen molar-refractivity contribution in [1.29, 1.82) is 0 Å². The molecule has 0 bridgehead atoms. The fourth-order valence-electron chi connectivity index (χ4n) is 0.918. The number of nitrogens with two attached hydrogens (primary N) is 1. The fourth-order valence-corrected chi connectivity index (χ4v) is 0.918. The maximum absolute atomic E-state index is 11.5. The molecule has 0 aliphatic rings. The van der Waals surface area contributed by atoms with Gasteiger partial charge >= 0.3 is 0 Å². The Kier molecular flexibility index (Phi) is 3.23. The van der Waals surface area contributed by atoms with Crippen molar-refractivity contribution in [2.75, 3.05) is 5.73 Å². The number of anilines is 1. The van der Waals surface area contributed by atoms with Crippen molar-refractivity contribution >= 4 is 11.7 Å². The van der Waals surface area contributed by atoms with E-state index in [0.717, 1.165) is 0 Å². The Balaban J connectivity index is 2.74. The van der Waals surface area contributed by atoms with Crippen molar-refractivity contribution in [3.8, 4) is 0 Å². The highest BCUT2D eigenvalue weighted by Gasteiger charge is 2.08. The molecule has 1 rings (SSSR count). The van der Waals surface area contributed by atoms with E-state index in [-0.39, 0.29) is 11.9 Å². The molecule has 0 aliphatic carbocycles. The number of carbonyl (C=O) groups is 1. The van der Waals surface area contributed by atoms with E-state index in [1.54, 1.807) is 24.3 Å². The summed E-state index contributed by atoms with van der Waals surface area (Å²) >= 11 is 0. The van der Waals surface area contributed by atoms with Gasteiger partial charge in [0.05, 0.1) is 0 Å². The van der Waals surface area contributed by atoms with E-state index in [0.29, 0.717) is 11.5 Å². The van der Waals surface area contributed by atoms with Crippen LogP contribution in [0.25, 0.3) is 0 Å². The zero-order valence-electron chi connectivity index (χ0n) is 8.03. The van der Waals surface area contributed by atoms with Crippen molar-refractivity contribution in [3.05, 3.63) is 36.5 Å². The van der Waals surface area contributed by atoms with E-state index >= 15 is 0 Å². The van der Waals surface area contributed by atoms with Gasteiger partial charge in [-0.25, -0.2) is 4.98 Å². The summed E-state index contributed by atoms with van der Waals surface area (Å²) in [7, 11) is 0. The molecule has 1 unspecified atom stereocenters. The fraction of sp³-hybridized carbons (Fsp3) is 0.200. The van der Waals surface area contributed by atoms with Gasteiger partial charge < -0.3 is 11.1 Å². The van der Waals surface area contributed by atoms with Crippen LogP contribution >= 0.6 is 0 Å². The number of pyridine rings is 1. The van der Waals surface area contributed by atoms with Crippen LogP contribution in [0.3, 0.4) is 0 Å². The second kappa shape index (κ2) is 4.41. The third-order valence-electron chi connectivity index (χ3n) is 1.72. The highest BCUT2D eigenvalue weighted by Crippen LogP contribution is 2.00. The lowest BCUT2D eigenvalue weighted by atomic mass is 10.3. The Labute approximate surface area is 82.8 Å². The molecule has 1 heterocycles. The van der Waals surface area contributed by atoms with Crippen molar-refractivity contribution in [1.82, 2.24) is 10.3 Å². The van der Waals surface area contributed by atoms with Crippen LogP contribution in [0, 0.1) is 0 Å². The lowest BCUT2D eigenvalue weighted by Gasteiger charge is -2.08. The SMILES string of the molecule is C=CC(C)NC(=O)c1cccc(N)n1. The van der Waals surface area contributed by atoms with E-state index in [9.17, 15) is 4.79 Å². The number of nitrogens with one attached hydrogen (secondary N) is 1. The summed E-state index contributed by atoms with van der Waals surface area (Å²) in [6.45, 7) is 5.40. The predicted octanol–water partition coefficient (Wildman–Crippen LogP) is 0.968. The lowest BCUT2D eigenvalue weighted by Crippen LogP contribution is -2.31. The van der Waals surface area contributed by atoms with E-state index in [2.05, 4.69) is 16.9 Å². The number of hydrogen-bond acceptors (Lipinski definition) is 3. The number of nitrogens with zero attached hydrogens (tertiary/aromatic N) is 1. The van der Waals surface area contributed by atoms with Crippen LogP contribution in [-0.4, -0.2) is 16.9 Å². The molecule has 0 saturated carbocycles. The maximum atomic E-state index is 11.5. The summed E-state index contributed by atoms with van der Waals surface area (Å²) in [4.78, 5) is 15.4. The average Bonchev–Trinajstić information content (AvgIpc) is 2.17. The molecule has 4 nitrogen and oxygen atoms in total. The van der Waals surface area contributed by atoms with Crippen molar-refractivity contribution in [2.45, 2.75) is 13.0 Å². The minimum atomic E-state index is -0.246. The lowest BCUT2D eigenvalue weighted by molar-refractivity contribution is 0.0942. The van der Waals surface area contributed by atoms with Gasteiger partial charge in [0.1, 0.15) is 11.5 Å². The molecule has 0 saturated heterocycles. The highest BCUT2D eigenvalue weighted by molar-refractivity contribution is 5.92. The van der Waals surface area contributed by atoms with Crippen LogP contribution in [0.1, 0.15) is 17.4 Å². The Morgan fingerprint density at radius 3 is 3.00 bits per heavy atom. The van der Waals surface area contributed by atoms with Crippen molar-refractivity contribution < 1.29 is 4.79 Å². The first kappa shape index (κ1) is 10.2. The Morgan fingerprint density at radius 1 is 1.71 bits per heavy atom. The van der Waals surface area contributed by atoms with Crippen LogP contribution in [0.4, 0.5) is 5.82 Å². The Hall–Kier alpha value is -1.84. The maximum Gasteiger partial charge on any atom is 0.270 e. The number of carbonyl (C=O) groups excluding carboxylic acids is 1. The molecule has 0 aromatic carbocycles. The van der Waals surface area contributed by atoms with Gasteiger partial charge in [-0.1, -0.05) is 12.1 Å². The summed E-state index contributed by atoms with van der Waals surface area (Å²) < 4.78 is 0. The quantitative estimate of drug-likeness (QED) is 0.699. The van der Waals surface area contributed by atoms with Gasteiger partial charge in [0.15, 0.2) is 0 Å². The summed E-state index contributed by atoms with van der Waals surface area (Å²) in [6, 6.07) is 4.86. The molecule has 0 spiro atoms. The zero-order valence-corrected chi connectivity index (χ0v) is 8.03. The summed E-state index contributed by atoms with van der Waals surface area (Å²) in [6.07, 6.45) is 1.64.